The van der Waals surface area contributed by atoms with Gasteiger partial charge in [0.25, 0.3) is 5.91 Å². The number of benzene rings is 2. The van der Waals surface area contributed by atoms with Crippen LogP contribution in [-0.2, 0) is 10.0 Å². The molecular formula is C24H32N2O4S. The van der Waals surface area contributed by atoms with E-state index in [9.17, 15) is 13.2 Å². The maximum absolute atomic E-state index is 12.8. The predicted octanol–water partition coefficient (Wildman–Crippen LogP) is 4.57. The van der Waals surface area contributed by atoms with E-state index < -0.39 is 10.0 Å². The van der Waals surface area contributed by atoms with Gasteiger partial charge in [-0.25, -0.2) is 8.42 Å². The van der Waals surface area contributed by atoms with E-state index in [1.807, 2.05) is 19.9 Å². The molecule has 2 aromatic carbocycles. The molecule has 2 aromatic rings. The number of sulfonamides is 1. The maximum Gasteiger partial charge on any atom is 0.251 e. The summed E-state index contributed by atoms with van der Waals surface area (Å²) in [7, 11) is -1.78. The number of carbonyl (C=O) groups is 1. The molecule has 0 radical (unpaired) electrons. The van der Waals surface area contributed by atoms with Crippen LogP contribution in [0.15, 0.2) is 49.1 Å². The molecule has 6 nitrogen and oxygen atoms in total. The third kappa shape index (κ3) is 5.88. The molecule has 0 aliphatic rings. The van der Waals surface area contributed by atoms with Crippen molar-refractivity contribution < 1.29 is 17.9 Å². The first-order valence-corrected chi connectivity index (χ1v) is 12.0. The Morgan fingerprint density at radius 1 is 1.16 bits per heavy atom. The fraction of sp³-hybridized carbons (Fsp3) is 0.375. The van der Waals surface area contributed by atoms with Gasteiger partial charge in [0.2, 0.25) is 10.0 Å². The fourth-order valence-electron chi connectivity index (χ4n) is 3.50. The third-order valence-electron chi connectivity index (χ3n) is 5.17. The number of nitrogens with zero attached hydrogens (tertiary/aromatic N) is 1. The van der Waals surface area contributed by atoms with Crippen LogP contribution < -0.4 is 14.4 Å². The molecule has 0 aliphatic carbocycles. The fourth-order valence-corrected chi connectivity index (χ4v) is 4.38. The smallest absolute Gasteiger partial charge is 0.251 e. The van der Waals surface area contributed by atoms with Crippen LogP contribution >= 0.6 is 0 Å². The number of ether oxygens (including phenoxy) is 1. The molecule has 168 valence electrons. The largest absolute Gasteiger partial charge is 0.496 e. The Bertz CT molecular complexity index is 1040. The topological polar surface area (TPSA) is 75.7 Å². The molecule has 7 heteroatoms. The first-order valence-electron chi connectivity index (χ1n) is 10.2. The molecule has 2 rings (SSSR count). The van der Waals surface area contributed by atoms with Crippen molar-refractivity contribution >= 4 is 21.6 Å². The van der Waals surface area contributed by atoms with Crippen LogP contribution in [0.1, 0.15) is 59.8 Å². The summed E-state index contributed by atoms with van der Waals surface area (Å²) in [6.45, 7) is 11.9. The highest BCUT2D eigenvalue weighted by atomic mass is 32.2. The summed E-state index contributed by atoms with van der Waals surface area (Å²) in [4.78, 5) is 12.8. The Morgan fingerprint density at radius 3 is 2.26 bits per heavy atom. The molecule has 31 heavy (non-hydrogen) atoms. The van der Waals surface area contributed by atoms with Gasteiger partial charge in [0.1, 0.15) is 5.75 Å². The van der Waals surface area contributed by atoms with Gasteiger partial charge < -0.3 is 10.1 Å². The second-order valence-corrected chi connectivity index (χ2v) is 9.84. The van der Waals surface area contributed by atoms with E-state index >= 15 is 0 Å². The monoisotopic (exact) mass is 444 g/mol. The number of amides is 1. The highest BCUT2D eigenvalue weighted by Crippen LogP contribution is 2.32. The average molecular weight is 445 g/mol. The normalized spacial score (nSPS) is 12.4. The Kier molecular flexibility index (Phi) is 7.90. The number of aryl methyl sites for hydroxylation is 1. The number of hydrogen-bond donors (Lipinski definition) is 1. The third-order valence-corrected chi connectivity index (χ3v) is 6.33. The Hall–Kier alpha value is -2.80. The van der Waals surface area contributed by atoms with Crippen molar-refractivity contribution in [1.29, 1.82) is 0 Å². The van der Waals surface area contributed by atoms with E-state index in [1.54, 1.807) is 31.4 Å². The molecule has 0 saturated heterocycles. The van der Waals surface area contributed by atoms with Gasteiger partial charge in [0.15, 0.2) is 0 Å². The first kappa shape index (κ1) is 24.5. The van der Waals surface area contributed by atoms with E-state index in [0.29, 0.717) is 11.3 Å². The van der Waals surface area contributed by atoms with Crippen molar-refractivity contribution in [3.05, 3.63) is 71.3 Å². The molecule has 1 amide bonds. The highest BCUT2D eigenvalue weighted by molar-refractivity contribution is 7.92. The van der Waals surface area contributed by atoms with Gasteiger partial charge in [-0.3, -0.25) is 9.10 Å². The number of rotatable bonds is 9. The predicted molar refractivity (Wildman–Crippen MR) is 127 cm³/mol. The van der Waals surface area contributed by atoms with Crippen LogP contribution in [0.4, 0.5) is 5.69 Å². The molecular weight excluding hydrogens is 412 g/mol. The summed E-state index contributed by atoms with van der Waals surface area (Å²) < 4.78 is 30.7. The summed E-state index contributed by atoms with van der Waals surface area (Å²) in [5.74, 6) is 0.911. The summed E-state index contributed by atoms with van der Waals surface area (Å²) in [6, 6.07) is 10.4. The molecule has 0 aliphatic heterocycles. The summed E-state index contributed by atoms with van der Waals surface area (Å²) in [5.41, 5.74) is 4.11. The zero-order chi connectivity index (χ0) is 23.3. The van der Waals surface area contributed by atoms with Gasteiger partial charge in [0.05, 0.1) is 31.6 Å². The minimum Gasteiger partial charge on any atom is -0.496 e. The molecule has 0 saturated carbocycles. The summed E-state index contributed by atoms with van der Waals surface area (Å²) in [5, 5.41) is 3.03. The van der Waals surface area contributed by atoms with E-state index in [0.717, 1.165) is 28.7 Å². The van der Waals surface area contributed by atoms with Crippen molar-refractivity contribution in [2.45, 2.75) is 39.7 Å². The molecule has 1 atom stereocenters. The maximum atomic E-state index is 12.8. The Labute approximate surface area is 186 Å². The number of hydrogen-bond acceptors (Lipinski definition) is 4. The minimum absolute atomic E-state index is 0.163. The van der Waals surface area contributed by atoms with Gasteiger partial charge in [-0.1, -0.05) is 19.9 Å². The zero-order valence-corrected chi connectivity index (χ0v) is 19.9. The van der Waals surface area contributed by atoms with Gasteiger partial charge in [0, 0.05) is 5.56 Å². The van der Waals surface area contributed by atoms with Crippen LogP contribution in [-0.4, -0.2) is 34.2 Å². The van der Waals surface area contributed by atoms with Crippen molar-refractivity contribution in [3.63, 3.8) is 0 Å². The lowest BCUT2D eigenvalue weighted by Crippen LogP contribution is -2.30. The lowest BCUT2D eigenvalue weighted by atomic mass is 9.93. The molecule has 0 bridgehead atoms. The molecule has 1 N–H and O–H groups in total. The SMILES string of the molecule is C=CCN(c1ccc(C(=O)N[C@@H](C)c2cc(C(C)C)c(OC)cc2C)cc1)S(C)(=O)=O. The standard InChI is InChI=1S/C24H32N2O4S/c1-8-13-26(31(7,28)29)20-11-9-19(10-12-20)24(27)25-18(5)22-15-21(16(2)3)23(30-6)14-17(22)4/h8-12,14-16,18H,1,13H2,2-7H3,(H,25,27)/t18-/m0/s1. The van der Waals surface area contributed by atoms with Crippen molar-refractivity contribution in [2.24, 2.45) is 0 Å². The molecule has 0 heterocycles. The Balaban J connectivity index is 2.24. The second kappa shape index (κ2) is 10.0. The summed E-state index contributed by atoms with van der Waals surface area (Å²) in [6.07, 6.45) is 2.66. The molecule has 0 unspecified atom stereocenters. The van der Waals surface area contributed by atoms with Crippen LogP contribution in [0, 0.1) is 6.92 Å². The second-order valence-electron chi connectivity index (χ2n) is 7.93. The van der Waals surface area contributed by atoms with E-state index in [4.69, 9.17) is 4.74 Å². The van der Waals surface area contributed by atoms with Crippen molar-refractivity contribution in [2.75, 3.05) is 24.2 Å². The van der Waals surface area contributed by atoms with Crippen LogP contribution in [0.3, 0.4) is 0 Å². The Morgan fingerprint density at radius 2 is 1.77 bits per heavy atom. The van der Waals surface area contributed by atoms with Crippen molar-refractivity contribution in [1.82, 2.24) is 5.32 Å². The molecule has 0 spiro atoms. The molecule has 0 aromatic heterocycles. The van der Waals surface area contributed by atoms with Gasteiger partial charge >= 0.3 is 0 Å². The van der Waals surface area contributed by atoms with Crippen molar-refractivity contribution in [3.8, 4) is 5.75 Å². The summed E-state index contributed by atoms with van der Waals surface area (Å²) >= 11 is 0. The number of carbonyl (C=O) groups excluding carboxylic acids is 1. The minimum atomic E-state index is -3.44. The van der Waals surface area contributed by atoms with Gasteiger partial charge in [-0.2, -0.15) is 0 Å². The van der Waals surface area contributed by atoms with Gasteiger partial charge in [-0.15, -0.1) is 6.58 Å². The molecule has 0 fully saturated rings. The lowest BCUT2D eigenvalue weighted by Gasteiger charge is -2.22. The quantitative estimate of drug-likeness (QED) is 0.575. The number of nitrogens with one attached hydrogen (secondary N) is 1. The van der Waals surface area contributed by atoms with Crippen LogP contribution in [0.5, 0.6) is 5.75 Å². The zero-order valence-electron chi connectivity index (χ0n) is 19.1. The van der Waals surface area contributed by atoms with E-state index in [-0.39, 0.29) is 24.4 Å². The first-order chi connectivity index (χ1) is 14.5. The highest BCUT2D eigenvalue weighted by Gasteiger charge is 2.19. The van der Waals surface area contributed by atoms with E-state index in [1.165, 1.54) is 10.4 Å². The van der Waals surface area contributed by atoms with Crippen LogP contribution in [0.2, 0.25) is 0 Å². The lowest BCUT2D eigenvalue weighted by molar-refractivity contribution is 0.0940. The number of anilines is 1. The van der Waals surface area contributed by atoms with E-state index in [2.05, 4.69) is 31.8 Å². The van der Waals surface area contributed by atoms with Gasteiger partial charge in [-0.05, 0) is 72.9 Å². The number of methoxy groups -OCH3 is 1. The average Bonchev–Trinajstić information content (AvgIpc) is 2.70. The van der Waals surface area contributed by atoms with Crippen LogP contribution in [0.25, 0.3) is 0 Å².